The Hall–Kier alpha value is -1.65. The predicted octanol–water partition coefficient (Wildman–Crippen LogP) is 1.91. The molecule has 1 aromatic heterocycles. The van der Waals surface area contributed by atoms with Crippen LogP contribution in [0.1, 0.15) is 13.3 Å². The van der Waals surface area contributed by atoms with Crippen LogP contribution in [0, 0.1) is 0 Å². The number of aliphatic hydroxyl groups excluding tert-OH is 1. The van der Waals surface area contributed by atoms with Gasteiger partial charge in [0.1, 0.15) is 0 Å². The van der Waals surface area contributed by atoms with E-state index in [1.807, 2.05) is 35.3 Å². The molecule has 1 heterocycles. The van der Waals surface area contributed by atoms with Gasteiger partial charge in [0.15, 0.2) is 0 Å². The van der Waals surface area contributed by atoms with Crippen LogP contribution < -0.4 is 5.32 Å². The lowest BCUT2D eigenvalue weighted by Crippen LogP contribution is -2.37. The first-order valence-electron chi connectivity index (χ1n) is 6.75. The van der Waals surface area contributed by atoms with Crippen LogP contribution in [0.3, 0.4) is 0 Å². The molecule has 0 spiro atoms. The zero-order chi connectivity index (χ0) is 13.5. The molecule has 19 heavy (non-hydrogen) atoms. The van der Waals surface area contributed by atoms with Crippen molar-refractivity contribution in [3.8, 4) is 11.1 Å². The maximum Gasteiger partial charge on any atom is 0.0602 e. The average molecular weight is 259 g/mol. The number of aliphatic hydroxyl groups is 1. The normalized spacial score (nSPS) is 12.5. The quantitative estimate of drug-likeness (QED) is 0.798. The molecule has 0 saturated carbocycles. The number of hydrogen-bond donors (Lipinski definition) is 2. The highest BCUT2D eigenvalue weighted by Crippen LogP contribution is 2.17. The van der Waals surface area contributed by atoms with Crippen molar-refractivity contribution in [1.82, 2.24) is 15.1 Å². The number of rotatable bonds is 7. The van der Waals surface area contributed by atoms with Crippen molar-refractivity contribution in [3.05, 3.63) is 42.7 Å². The molecule has 0 aliphatic rings. The third-order valence-corrected chi connectivity index (χ3v) is 3.05. The summed E-state index contributed by atoms with van der Waals surface area (Å²) in [5.74, 6) is 0. The lowest BCUT2D eigenvalue weighted by molar-refractivity contribution is 0.225. The minimum absolute atomic E-state index is 0.0588. The molecule has 4 heteroatoms. The summed E-state index contributed by atoms with van der Waals surface area (Å²) in [6.07, 6.45) is 4.94. The van der Waals surface area contributed by atoms with Crippen LogP contribution in [-0.4, -0.2) is 34.1 Å². The van der Waals surface area contributed by atoms with Gasteiger partial charge in [0.05, 0.1) is 19.3 Å². The summed E-state index contributed by atoms with van der Waals surface area (Å²) < 4.78 is 1.88. The summed E-state index contributed by atoms with van der Waals surface area (Å²) in [5, 5.41) is 17.0. The Morgan fingerprint density at radius 1 is 1.26 bits per heavy atom. The highest BCUT2D eigenvalue weighted by Gasteiger charge is 2.08. The van der Waals surface area contributed by atoms with Crippen LogP contribution in [0.5, 0.6) is 0 Å². The van der Waals surface area contributed by atoms with E-state index >= 15 is 0 Å². The number of hydrogen-bond acceptors (Lipinski definition) is 3. The van der Waals surface area contributed by atoms with Gasteiger partial charge in [0.2, 0.25) is 0 Å². The third kappa shape index (κ3) is 3.91. The Bertz CT molecular complexity index is 481. The Balaban J connectivity index is 2.01. The molecule has 0 aliphatic heterocycles. The Morgan fingerprint density at radius 3 is 2.74 bits per heavy atom. The molecule has 2 N–H and O–H groups in total. The fraction of sp³-hybridized carbons (Fsp3) is 0.400. The largest absolute Gasteiger partial charge is 0.395 e. The molecule has 2 rings (SSSR count). The topological polar surface area (TPSA) is 50.1 Å². The van der Waals surface area contributed by atoms with Gasteiger partial charge in [-0.1, -0.05) is 37.3 Å². The average Bonchev–Trinajstić information content (AvgIpc) is 2.93. The first-order valence-corrected chi connectivity index (χ1v) is 6.75. The van der Waals surface area contributed by atoms with Crippen LogP contribution in [0.25, 0.3) is 11.1 Å². The van der Waals surface area contributed by atoms with Crippen molar-refractivity contribution in [2.75, 3.05) is 13.2 Å². The highest BCUT2D eigenvalue weighted by molar-refractivity contribution is 5.61. The molecular formula is C15H21N3O. The summed E-state index contributed by atoms with van der Waals surface area (Å²) in [7, 11) is 0. The van der Waals surface area contributed by atoms with Gasteiger partial charge < -0.3 is 10.4 Å². The van der Waals surface area contributed by atoms with Crippen LogP contribution >= 0.6 is 0 Å². The van der Waals surface area contributed by atoms with Crippen molar-refractivity contribution in [1.29, 1.82) is 0 Å². The Kier molecular flexibility index (Phi) is 5.12. The second-order valence-corrected chi connectivity index (χ2v) is 4.65. The highest BCUT2D eigenvalue weighted by atomic mass is 16.3. The van der Waals surface area contributed by atoms with Crippen molar-refractivity contribution >= 4 is 0 Å². The van der Waals surface area contributed by atoms with Crippen LogP contribution in [0.15, 0.2) is 42.7 Å². The molecule has 4 nitrogen and oxygen atoms in total. The fourth-order valence-corrected chi connectivity index (χ4v) is 2.00. The second-order valence-electron chi connectivity index (χ2n) is 4.65. The van der Waals surface area contributed by atoms with Gasteiger partial charge in [-0.2, -0.15) is 5.10 Å². The van der Waals surface area contributed by atoms with Crippen molar-refractivity contribution in [2.45, 2.75) is 25.9 Å². The number of nitrogens with one attached hydrogen (secondary N) is 1. The molecule has 0 saturated heterocycles. The molecule has 0 amide bonds. The summed E-state index contributed by atoms with van der Waals surface area (Å²) in [6.45, 7) is 3.84. The summed E-state index contributed by atoms with van der Waals surface area (Å²) in [4.78, 5) is 0. The van der Waals surface area contributed by atoms with E-state index in [1.54, 1.807) is 0 Å². The fourth-order valence-electron chi connectivity index (χ4n) is 2.00. The Morgan fingerprint density at radius 2 is 2.05 bits per heavy atom. The molecule has 2 aromatic rings. The first-order chi connectivity index (χ1) is 9.33. The van der Waals surface area contributed by atoms with Crippen molar-refractivity contribution in [3.63, 3.8) is 0 Å². The third-order valence-electron chi connectivity index (χ3n) is 3.05. The molecule has 0 radical (unpaired) electrons. The van der Waals surface area contributed by atoms with E-state index < -0.39 is 0 Å². The van der Waals surface area contributed by atoms with E-state index in [9.17, 15) is 5.11 Å². The van der Waals surface area contributed by atoms with Crippen LogP contribution in [0.4, 0.5) is 0 Å². The van der Waals surface area contributed by atoms with Gasteiger partial charge in [0.25, 0.3) is 0 Å². The molecule has 1 unspecified atom stereocenters. The zero-order valence-corrected chi connectivity index (χ0v) is 11.3. The molecule has 1 atom stereocenters. The van der Waals surface area contributed by atoms with Gasteiger partial charge in [-0.3, -0.25) is 4.68 Å². The minimum atomic E-state index is 0.0588. The van der Waals surface area contributed by atoms with Crippen molar-refractivity contribution < 1.29 is 5.11 Å². The second kappa shape index (κ2) is 7.07. The number of benzene rings is 1. The summed E-state index contributed by atoms with van der Waals surface area (Å²) in [6, 6.07) is 10.2. The minimum Gasteiger partial charge on any atom is -0.395 e. The molecular weight excluding hydrogens is 238 g/mol. The van der Waals surface area contributed by atoms with E-state index in [0.29, 0.717) is 6.54 Å². The zero-order valence-electron chi connectivity index (χ0n) is 11.3. The van der Waals surface area contributed by atoms with Gasteiger partial charge in [-0.25, -0.2) is 0 Å². The van der Waals surface area contributed by atoms with E-state index in [4.69, 9.17) is 0 Å². The first kappa shape index (κ1) is 13.8. The van der Waals surface area contributed by atoms with Crippen LogP contribution in [0.2, 0.25) is 0 Å². The van der Waals surface area contributed by atoms with Gasteiger partial charge in [-0.15, -0.1) is 0 Å². The van der Waals surface area contributed by atoms with Gasteiger partial charge in [0, 0.05) is 17.8 Å². The van der Waals surface area contributed by atoms with E-state index in [1.165, 1.54) is 0 Å². The predicted molar refractivity (Wildman–Crippen MR) is 76.8 cm³/mol. The molecule has 0 aliphatic carbocycles. The van der Waals surface area contributed by atoms with Gasteiger partial charge >= 0.3 is 0 Å². The van der Waals surface area contributed by atoms with E-state index in [2.05, 4.69) is 29.5 Å². The van der Waals surface area contributed by atoms with E-state index in [-0.39, 0.29) is 12.6 Å². The van der Waals surface area contributed by atoms with Gasteiger partial charge in [-0.05, 0) is 18.5 Å². The van der Waals surface area contributed by atoms with Crippen LogP contribution in [-0.2, 0) is 6.54 Å². The maximum absolute atomic E-state index is 9.33. The SMILES string of the molecule is CCCNC(CO)Cn1cc(-c2ccccc2)cn1. The van der Waals surface area contributed by atoms with E-state index in [0.717, 1.165) is 24.1 Å². The lowest BCUT2D eigenvalue weighted by Gasteiger charge is -2.15. The lowest BCUT2D eigenvalue weighted by atomic mass is 10.1. The molecule has 0 bridgehead atoms. The Labute approximate surface area is 114 Å². The monoisotopic (exact) mass is 259 g/mol. The van der Waals surface area contributed by atoms with Crippen molar-refractivity contribution in [2.24, 2.45) is 0 Å². The molecule has 1 aromatic carbocycles. The smallest absolute Gasteiger partial charge is 0.0602 e. The molecule has 0 fully saturated rings. The summed E-state index contributed by atoms with van der Waals surface area (Å²) in [5.41, 5.74) is 2.27. The number of aromatic nitrogens is 2. The molecule has 102 valence electrons. The number of nitrogens with zero attached hydrogens (tertiary/aromatic N) is 2. The standard InChI is InChI=1S/C15H21N3O/c1-2-8-16-15(12-19)11-18-10-14(9-17-18)13-6-4-3-5-7-13/h3-7,9-10,15-16,19H,2,8,11-12H2,1H3. The summed E-state index contributed by atoms with van der Waals surface area (Å²) >= 11 is 0. The maximum atomic E-state index is 9.33.